The van der Waals surface area contributed by atoms with Gasteiger partial charge in [0.15, 0.2) is 0 Å². The van der Waals surface area contributed by atoms with Gasteiger partial charge in [-0.1, -0.05) is 23.7 Å². The number of thioether (sulfide) groups is 1. The smallest absolute Gasteiger partial charge is 0.118 e. The van der Waals surface area contributed by atoms with Gasteiger partial charge in [0.25, 0.3) is 0 Å². The summed E-state index contributed by atoms with van der Waals surface area (Å²) in [6.45, 7) is 0. The summed E-state index contributed by atoms with van der Waals surface area (Å²) in [6.07, 6.45) is 0. The number of benzene rings is 2. The van der Waals surface area contributed by atoms with Gasteiger partial charge in [-0.3, -0.25) is 0 Å². The number of ether oxygens (including phenoxy) is 1. The second-order valence-corrected chi connectivity index (χ2v) is 5.08. The summed E-state index contributed by atoms with van der Waals surface area (Å²) < 4.78 is 5.12. The summed E-state index contributed by atoms with van der Waals surface area (Å²) in [7, 11) is 1.68. The highest BCUT2D eigenvalue weighted by atomic mass is 35.5. The molecule has 0 aliphatic heterocycles. The van der Waals surface area contributed by atoms with Gasteiger partial charge in [0.2, 0.25) is 0 Å². The maximum Gasteiger partial charge on any atom is 0.118 e. The summed E-state index contributed by atoms with van der Waals surface area (Å²) in [6, 6.07) is 16.0. The van der Waals surface area contributed by atoms with E-state index in [1.807, 2.05) is 24.3 Å². The molecule has 0 radical (unpaired) electrons. The van der Waals surface area contributed by atoms with Crippen molar-refractivity contribution in [3.63, 3.8) is 0 Å². The van der Waals surface area contributed by atoms with Crippen LogP contribution in [0, 0.1) is 0 Å². The molecular weight excluding hydrogens is 252 g/mol. The second-order valence-electron chi connectivity index (χ2n) is 3.59. The first-order valence-electron chi connectivity index (χ1n) is 5.29. The largest absolute Gasteiger partial charge is 0.497 e. The molecule has 0 saturated carbocycles. The van der Waals surface area contributed by atoms with Crippen LogP contribution >= 0.6 is 23.4 Å². The maximum absolute atomic E-state index is 5.84. The molecule has 17 heavy (non-hydrogen) atoms. The molecule has 0 aliphatic carbocycles. The molecule has 0 atom stereocenters. The van der Waals surface area contributed by atoms with Crippen LogP contribution in [-0.4, -0.2) is 7.11 Å². The van der Waals surface area contributed by atoms with Crippen molar-refractivity contribution in [1.29, 1.82) is 0 Å². The zero-order valence-corrected chi connectivity index (χ0v) is 11.1. The third kappa shape index (κ3) is 3.69. The first kappa shape index (κ1) is 12.3. The molecule has 0 unspecified atom stereocenters. The molecule has 0 bridgehead atoms. The summed E-state index contributed by atoms with van der Waals surface area (Å²) in [5.41, 5.74) is 1.27. The van der Waals surface area contributed by atoms with E-state index in [1.54, 1.807) is 18.9 Å². The van der Waals surface area contributed by atoms with Gasteiger partial charge in [-0.25, -0.2) is 0 Å². The van der Waals surface area contributed by atoms with Crippen LogP contribution in [0.2, 0.25) is 5.02 Å². The van der Waals surface area contributed by atoms with Gasteiger partial charge in [-0.15, -0.1) is 11.8 Å². The highest BCUT2D eigenvalue weighted by Gasteiger charge is 1.97. The normalized spacial score (nSPS) is 10.2. The Bertz CT molecular complexity index is 465. The number of hydrogen-bond donors (Lipinski definition) is 0. The fraction of sp³-hybridized carbons (Fsp3) is 0.143. The molecule has 0 spiro atoms. The van der Waals surface area contributed by atoms with Gasteiger partial charge in [0.05, 0.1) is 7.11 Å². The molecule has 2 aromatic carbocycles. The molecule has 0 heterocycles. The van der Waals surface area contributed by atoms with Crippen molar-refractivity contribution in [3.8, 4) is 5.75 Å². The first-order valence-corrected chi connectivity index (χ1v) is 6.65. The highest BCUT2D eigenvalue weighted by molar-refractivity contribution is 7.98. The molecule has 3 heteroatoms. The van der Waals surface area contributed by atoms with E-state index in [1.165, 1.54) is 10.5 Å². The number of rotatable bonds is 4. The minimum absolute atomic E-state index is 0.781. The summed E-state index contributed by atoms with van der Waals surface area (Å²) >= 11 is 7.64. The van der Waals surface area contributed by atoms with E-state index in [2.05, 4.69) is 24.3 Å². The number of methoxy groups -OCH3 is 1. The minimum Gasteiger partial charge on any atom is -0.497 e. The molecule has 2 aromatic rings. The number of hydrogen-bond acceptors (Lipinski definition) is 2. The Kier molecular flexibility index (Phi) is 4.35. The zero-order valence-electron chi connectivity index (χ0n) is 9.52. The van der Waals surface area contributed by atoms with E-state index >= 15 is 0 Å². The Morgan fingerprint density at radius 2 is 1.65 bits per heavy atom. The van der Waals surface area contributed by atoms with E-state index in [9.17, 15) is 0 Å². The first-order chi connectivity index (χ1) is 8.28. The Hall–Kier alpha value is -1.12. The predicted octanol–water partition coefficient (Wildman–Crippen LogP) is 4.64. The molecule has 0 amide bonds. The van der Waals surface area contributed by atoms with Crippen molar-refractivity contribution in [1.82, 2.24) is 0 Å². The summed E-state index contributed by atoms with van der Waals surface area (Å²) in [4.78, 5) is 1.24. The minimum atomic E-state index is 0.781. The average molecular weight is 265 g/mol. The van der Waals surface area contributed by atoms with Crippen LogP contribution in [0.15, 0.2) is 53.4 Å². The lowest BCUT2D eigenvalue weighted by atomic mass is 10.2. The third-order valence-electron chi connectivity index (χ3n) is 2.38. The number of halogens is 1. The van der Waals surface area contributed by atoms with Crippen LogP contribution in [0.25, 0.3) is 0 Å². The van der Waals surface area contributed by atoms with Crippen LogP contribution in [-0.2, 0) is 5.75 Å². The fourth-order valence-corrected chi connectivity index (χ4v) is 2.40. The van der Waals surface area contributed by atoms with Crippen LogP contribution in [0.1, 0.15) is 5.56 Å². The van der Waals surface area contributed by atoms with Crippen molar-refractivity contribution in [2.75, 3.05) is 7.11 Å². The molecule has 0 aliphatic rings. The second kappa shape index (κ2) is 5.99. The SMILES string of the molecule is COc1ccc(SCc2ccc(Cl)cc2)cc1. The Balaban J connectivity index is 1.95. The third-order valence-corrected chi connectivity index (χ3v) is 3.71. The van der Waals surface area contributed by atoms with E-state index in [0.717, 1.165) is 16.5 Å². The molecular formula is C14H13ClOS. The van der Waals surface area contributed by atoms with Crippen LogP contribution in [0.4, 0.5) is 0 Å². The molecule has 88 valence electrons. The maximum atomic E-state index is 5.84. The highest BCUT2D eigenvalue weighted by Crippen LogP contribution is 2.25. The zero-order chi connectivity index (χ0) is 12.1. The molecule has 0 aromatic heterocycles. The Morgan fingerprint density at radius 1 is 1.00 bits per heavy atom. The van der Waals surface area contributed by atoms with Crippen LogP contribution < -0.4 is 4.74 Å². The van der Waals surface area contributed by atoms with Crippen molar-refractivity contribution in [2.45, 2.75) is 10.6 Å². The lowest BCUT2D eigenvalue weighted by molar-refractivity contribution is 0.414. The van der Waals surface area contributed by atoms with Gasteiger partial charge in [-0.2, -0.15) is 0 Å². The Labute approximate surface area is 111 Å². The van der Waals surface area contributed by atoms with E-state index in [4.69, 9.17) is 16.3 Å². The van der Waals surface area contributed by atoms with Gasteiger partial charge in [0, 0.05) is 15.7 Å². The topological polar surface area (TPSA) is 9.23 Å². The fourth-order valence-electron chi connectivity index (χ4n) is 1.42. The van der Waals surface area contributed by atoms with Crippen LogP contribution in [0.3, 0.4) is 0 Å². The van der Waals surface area contributed by atoms with E-state index < -0.39 is 0 Å². The Morgan fingerprint density at radius 3 is 2.24 bits per heavy atom. The molecule has 0 fully saturated rings. The van der Waals surface area contributed by atoms with Crippen molar-refractivity contribution in [3.05, 3.63) is 59.1 Å². The van der Waals surface area contributed by atoms with Gasteiger partial charge >= 0.3 is 0 Å². The lowest BCUT2D eigenvalue weighted by Gasteiger charge is -2.04. The van der Waals surface area contributed by atoms with Crippen molar-refractivity contribution >= 4 is 23.4 Å². The van der Waals surface area contributed by atoms with Gasteiger partial charge in [0.1, 0.15) is 5.75 Å². The van der Waals surface area contributed by atoms with Gasteiger partial charge < -0.3 is 4.74 Å². The van der Waals surface area contributed by atoms with E-state index in [-0.39, 0.29) is 0 Å². The lowest BCUT2D eigenvalue weighted by Crippen LogP contribution is -1.82. The predicted molar refractivity (Wildman–Crippen MR) is 74.0 cm³/mol. The quantitative estimate of drug-likeness (QED) is 0.744. The molecule has 0 N–H and O–H groups in total. The average Bonchev–Trinajstić information content (AvgIpc) is 2.39. The molecule has 1 nitrogen and oxygen atoms in total. The van der Waals surface area contributed by atoms with Crippen LogP contribution in [0.5, 0.6) is 5.75 Å². The molecule has 2 rings (SSSR count). The standard InChI is InChI=1S/C14H13ClOS/c1-16-13-6-8-14(9-7-13)17-10-11-2-4-12(15)5-3-11/h2-9H,10H2,1H3. The summed E-state index contributed by atoms with van der Waals surface area (Å²) in [5, 5.41) is 0.781. The summed E-state index contributed by atoms with van der Waals surface area (Å²) in [5.74, 6) is 1.84. The van der Waals surface area contributed by atoms with E-state index in [0.29, 0.717) is 0 Å². The van der Waals surface area contributed by atoms with Gasteiger partial charge in [-0.05, 0) is 42.0 Å². The van der Waals surface area contributed by atoms with Crippen molar-refractivity contribution < 1.29 is 4.74 Å². The van der Waals surface area contributed by atoms with Crippen molar-refractivity contribution in [2.24, 2.45) is 0 Å². The molecule has 0 saturated heterocycles. The monoisotopic (exact) mass is 264 g/mol.